The minimum absolute atomic E-state index is 0.463. The third-order valence-electron chi connectivity index (χ3n) is 2.64. The first-order chi connectivity index (χ1) is 8.56. The van der Waals surface area contributed by atoms with Crippen LogP contribution in [0.3, 0.4) is 0 Å². The first-order valence-corrected chi connectivity index (χ1v) is 7.39. The van der Waals surface area contributed by atoms with Gasteiger partial charge in [-0.2, -0.15) is 0 Å². The largest absolute Gasteiger partial charge is 0.389 e. The Kier molecular flexibility index (Phi) is 4.49. The zero-order valence-corrected chi connectivity index (χ0v) is 12.8. The van der Waals surface area contributed by atoms with E-state index in [1.807, 2.05) is 18.2 Å². The minimum atomic E-state index is -0.463. The molecule has 1 unspecified atom stereocenters. The predicted molar refractivity (Wildman–Crippen MR) is 80.1 cm³/mol. The van der Waals surface area contributed by atoms with E-state index in [0.717, 1.165) is 14.9 Å². The molecule has 2 rings (SSSR count). The van der Waals surface area contributed by atoms with Crippen molar-refractivity contribution >= 4 is 27.7 Å². The fourth-order valence-corrected chi connectivity index (χ4v) is 3.25. The molecule has 0 amide bonds. The summed E-state index contributed by atoms with van der Waals surface area (Å²) in [4.78, 5) is 2.29. The van der Waals surface area contributed by atoms with Crippen molar-refractivity contribution in [2.75, 3.05) is 0 Å². The van der Waals surface area contributed by atoms with Crippen LogP contribution in [0.1, 0.15) is 24.2 Å². The first kappa shape index (κ1) is 13.7. The van der Waals surface area contributed by atoms with Gasteiger partial charge in [0.25, 0.3) is 0 Å². The molecule has 0 fully saturated rings. The second-order valence-corrected chi connectivity index (χ2v) is 6.31. The van der Waals surface area contributed by atoms with Crippen LogP contribution >= 0.6 is 27.7 Å². The maximum Gasteiger partial charge on any atom is 0.0773 e. The van der Waals surface area contributed by atoms with E-state index in [1.54, 1.807) is 18.7 Å². The summed E-state index contributed by atoms with van der Waals surface area (Å²) >= 11 is 5.13. The molecule has 3 heteroatoms. The Bertz CT molecular complexity index is 552. The lowest BCUT2D eigenvalue weighted by molar-refractivity contribution is 0.196. The number of rotatable bonds is 3. The van der Waals surface area contributed by atoms with Gasteiger partial charge in [0.2, 0.25) is 0 Å². The highest BCUT2D eigenvalue weighted by atomic mass is 79.9. The molecule has 0 aliphatic carbocycles. The maximum absolute atomic E-state index is 9.83. The van der Waals surface area contributed by atoms with Crippen LogP contribution in [0.15, 0.2) is 56.7 Å². The Morgan fingerprint density at radius 1 is 1.17 bits per heavy atom. The predicted octanol–water partition coefficient (Wildman–Crippen LogP) is 4.96. The molecule has 94 valence electrons. The Labute approximate surface area is 120 Å². The summed E-state index contributed by atoms with van der Waals surface area (Å²) in [6.07, 6.45) is -0.463. The lowest BCUT2D eigenvalue weighted by Crippen LogP contribution is -1.94. The number of aliphatic hydroxyl groups is 1. The van der Waals surface area contributed by atoms with E-state index in [-0.39, 0.29) is 0 Å². The van der Waals surface area contributed by atoms with Gasteiger partial charge in [0.1, 0.15) is 0 Å². The molecule has 0 bridgehead atoms. The third kappa shape index (κ3) is 3.37. The number of benzene rings is 2. The van der Waals surface area contributed by atoms with E-state index in [9.17, 15) is 5.11 Å². The van der Waals surface area contributed by atoms with Crippen LogP contribution in [0.2, 0.25) is 0 Å². The molecule has 2 aromatic carbocycles. The molecule has 1 atom stereocenters. The fraction of sp³-hybridized carbons (Fsp3) is 0.200. The molecule has 18 heavy (non-hydrogen) atoms. The van der Waals surface area contributed by atoms with Gasteiger partial charge in [-0.25, -0.2) is 0 Å². The number of aryl methyl sites for hydroxylation is 1. The molecule has 0 aromatic heterocycles. The highest BCUT2D eigenvalue weighted by Gasteiger charge is 2.10. The van der Waals surface area contributed by atoms with Crippen LogP contribution in [-0.4, -0.2) is 5.11 Å². The first-order valence-electron chi connectivity index (χ1n) is 5.78. The monoisotopic (exact) mass is 322 g/mol. The van der Waals surface area contributed by atoms with E-state index in [2.05, 4.69) is 47.1 Å². The SMILES string of the molecule is Cc1cccc(Sc2ccc(Br)cc2C(C)O)c1. The summed E-state index contributed by atoms with van der Waals surface area (Å²) in [5.41, 5.74) is 2.20. The summed E-state index contributed by atoms with van der Waals surface area (Å²) in [5.74, 6) is 0. The molecule has 0 radical (unpaired) electrons. The molecule has 1 nitrogen and oxygen atoms in total. The summed E-state index contributed by atoms with van der Waals surface area (Å²) in [7, 11) is 0. The van der Waals surface area contributed by atoms with E-state index in [1.165, 1.54) is 10.5 Å². The minimum Gasteiger partial charge on any atom is -0.389 e. The molecule has 0 aliphatic rings. The zero-order valence-electron chi connectivity index (χ0n) is 10.4. The van der Waals surface area contributed by atoms with Crippen LogP contribution in [0, 0.1) is 6.92 Å². The van der Waals surface area contributed by atoms with E-state index in [0.29, 0.717) is 0 Å². The highest BCUT2D eigenvalue weighted by molar-refractivity contribution is 9.10. The third-order valence-corrected chi connectivity index (χ3v) is 4.21. The second kappa shape index (κ2) is 5.91. The van der Waals surface area contributed by atoms with Gasteiger partial charge in [-0.15, -0.1) is 0 Å². The van der Waals surface area contributed by atoms with Crippen LogP contribution in [0.5, 0.6) is 0 Å². The average molecular weight is 323 g/mol. The normalized spacial score (nSPS) is 12.4. The van der Waals surface area contributed by atoms with Crippen molar-refractivity contribution in [3.05, 3.63) is 58.1 Å². The number of halogens is 1. The van der Waals surface area contributed by atoms with Crippen molar-refractivity contribution < 1.29 is 5.11 Å². The molecule has 0 saturated heterocycles. The van der Waals surface area contributed by atoms with Gasteiger partial charge in [0.05, 0.1) is 6.10 Å². The van der Waals surface area contributed by atoms with Crippen molar-refractivity contribution in [3.63, 3.8) is 0 Å². The highest BCUT2D eigenvalue weighted by Crippen LogP contribution is 2.35. The summed E-state index contributed by atoms with van der Waals surface area (Å²) in [5, 5.41) is 9.83. The molecule has 0 spiro atoms. The Morgan fingerprint density at radius 2 is 1.94 bits per heavy atom. The van der Waals surface area contributed by atoms with Crippen molar-refractivity contribution in [3.8, 4) is 0 Å². The quantitative estimate of drug-likeness (QED) is 0.861. The maximum atomic E-state index is 9.83. The standard InChI is InChI=1S/C15H15BrOS/c1-10-4-3-5-13(8-10)18-15-7-6-12(16)9-14(15)11(2)17/h3-9,11,17H,1-2H3. The number of aliphatic hydroxyl groups excluding tert-OH is 1. The molecular weight excluding hydrogens is 308 g/mol. The number of hydrogen-bond donors (Lipinski definition) is 1. The van der Waals surface area contributed by atoms with Crippen molar-refractivity contribution in [2.24, 2.45) is 0 Å². The van der Waals surface area contributed by atoms with Crippen molar-refractivity contribution in [1.82, 2.24) is 0 Å². The Morgan fingerprint density at radius 3 is 2.61 bits per heavy atom. The van der Waals surface area contributed by atoms with Gasteiger partial charge in [-0.3, -0.25) is 0 Å². The summed E-state index contributed by atoms with van der Waals surface area (Å²) < 4.78 is 0.993. The number of hydrogen-bond acceptors (Lipinski definition) is 2. The van der Waals surface area contributed by atoms with Crippen LogP contribution in [0.25, 0.3) is 0 Å². The van der Waals surface area contributed by atoms with Gasteiger partial charge in [-0.1, -0.05) is 45.4 Å². The average Bonchev–Trinajstić information content (AvgIpc) is 2.31. The molecule has 2 aromatic rings. The lowest BCUT2D eigenvalue weighted by atomic mass is 10.1. The second-order valence-electron chi connectivity index (χ2n) is 4.28. The van der Waals surface area contributed by atoms with Gasteiger partial charge >= 0.3 is 0 Å². The van der Waals surface area contributed by atoms with Crippen molar-refractivity contribution in [1.29, 1.82) is 0 Å². The lowest BCUT2D eigenvalue weighted by Gasteiger charge is -2.12. The van der Waals surface area contributed by atoms with Gasteiger partial charge in [-0.05, 0) is 49.7 Å². The Hall–Kier alpha value is -0.770. The van der Waals surface area contributed by atoms with E-state index < -0.39 is 6.10 Å². The van der Waals surface area contributed by atoms with Crippen LogP contribution in [-0.2, 0) is 0 Å². The molecule has 0 heterocycles. The zero-order chi connectivity index (χ0) is 13.1. The van der Waals surface area contributed by atoms with Crippen LogP contribution < -0.4 is 0 Å². The van der Waals surface area contributed by atoms with Gasteiger partial charge in [0.15, 0.2) is 0 Å². The fourth-order valence-electron chi connectivity index (χ4n) is 1.74. The van der Waals surface area contributed by atoms with Gasteiger partial charge < -0.3 is 5.11 Å². The molecular formula is C15H15BrOS. The summed E-state index contributed by atoms with van der Waals surface area (Å²) in [6, 6.07) is 14.4. The van der Waals surface area contributed by atoms with Crippen molar-refractivity contribution in [2.45, 2.75) is 29.7 Å². The molecule has 1 N–H and O–H groups in total. The topological polar surface area (TPSA) is 20.2 Å². The van der Waals surface area contributed by atoms with E-state index in [4.69, 9.17) is 0 Å². The Balaban J connectivity index is 2.34. The summed E-state index contributed by atoms with van der Waals surface area (Å²) in [6.45, 7) is 3.88. The van der Waals surface area contributed by atoms with Crippen LogP contribution in [0.4, 0.5) is 0 Å². The molecule has 0 aliphatic heterocycles. The van der Waals surface area contributed by atoms with Gasteiger partial charge in [0, 0.05) is 14.3 Å². The van der Waals surface area contributed by atoms with E-state index >= 15 is 0 Å². The smallest absolute Gasteiger partial charge is 0.0773 e. The molecule has 0 saturated carbocycles.